The highest BCUT2D eigenvalue weighted by Crippen LogP contribution is 2.27. The molecular formula is C16H15NO3S. The SMILES string of the molecule is CS(=O)(=O)c1ccc(C(N)c2cc3ccccc3o2)cc1. The van der Waals surface area contributed by atoms with Crippen LogP contribution in [-0.4, -0.2) is 14.7 Å². The molecule has 2 aromatic carbocycles. The van der Waals surface area contributed by atoms with Crippen molar-refractivity contribution in [2.75, 3.05) is 6.26 Å². The average molecular weight is 301 g/mol. The molecule has 0 aliphatic rings. The fourth-order valence-electron chi connectivity index (χ4n) is 2.24. The van der Waals surface area contributed by atoms with Crippen molar-refractivity contribution in [1.82, 2.24) is 0 Å². The third-order valence-electron chi connectivity index (χ3n) is 3.42. The Bertz CT molecular complexity index is 846. The maximum absolute atomic E-state index is 11.5. The molecule has 3 aromatic rings. The van der Waals surface area contributed by atoms with E-state index in [9.17, 15) is 8.42 Å². The van der Waals surface area contributed by atoms with Gasteiger partial charge in [0.25, 0.3) is 0 Å². The molecule has 21 heavy (non-hydrogen) atoms. The fraction of sp³-hybridized carbons (Fsp3) is 0.125. The molecule has 1 aromatic heterocycles. The number of nitrogens with two attached hydrogens (primary N) is 1. The quantitative estimate of drug-likeness (QED) is 0.807. The molecule has 1 heterocycles. The third kappa shape index (κ3) is 2.70. The molecule has 5 heteroatoms. The van der Waals surface area contributed by atoms with E-state index in [-0.39, 0.29) is 4.90 Å². The molecule has 2 N–H and O–H groups in total. The van der Waals surface area contributed by atoms with Crippen LogP contribution in [0.2, 0.25) is 0 Å². The Morgan fingerprint density at radius 3 is 2.33 bits per heavy atom. The van der Waals surface area contributed by atoms with Crippen LogP contribution < -0.4 is 5.73 Å². The van der Waals surface area contributed by atoms with Gasteiger partial charge in [-0.25, -0.2) is 8.42 Å². The Hall–Kier alpha value is -2.11. The van der Waals surface area contributed by atoms with Gasteiger partial charge in [0.15, 0.2) is 9.84 Å². The molecule has 0 aliphatic carbocycles. The van der Waals surface area contributed by atoms with Crippen LogP contribution in [0.5, 0.6) is 0 Å². The summed E-state index contributed by atoms with van der Waals surface area (Å²) in [5.41, 5.74) is 7.79. The summed E-state index contributed by atoms with van der Waals surface area (Å²) < 4.78 is 28.6. The normalized spacial score (nSPS) is 13.4. The van der Waals surface area contributed by atoms with E-state index in [0.717, 1.165) is 16.5 Å². The van der Waals surface area contributed by atoms with Gasteiger partial charge in [-0.3, -0.25) is 0 Å². The van der Waals surface area contributed by atoms with Crippen molar-refractivity contribution in [1.29, 1.82) is 0 Å². The Morgan fingerprint density at radius 1 is 1.05 bits per heavy atom. The highest BCUT2D eigenvalue weighted by molar-refractivity contribution is 7.90. The number of benzene rings is 2. The predicted molar refractivity (Wildman–Crippen MR) is 81.8 cm³/mol. The monoisotopic (exact) mass is 301 g/mol. The lowest BCUT2D eigenvalue weighted by atomic mass is 10.1. The lowest BCUT2D eigenvalue weighted by Crippen LogP contribution is -2.11. The summed E-state index contributed by atoms with van der Waals surface area (Å²) in [5.74, 6) is 0.656. The van der Waals surface area contributed by atoms with Crippen LogP contribution >= 0.6 is 0 Å². The van der Waals surface area contributed by atoms with Gasteiger partial charge in [-0.15, -0.1) is 0 Å². The number of rotatable bonds is 3. The Morgan fingerprint density at radius 2 is 1.71 bits per heavy atom. The number of para-hydroxylation sites is 1. The van der Waals surface area contributed by atoms with Gasteiger partial charge in [0, 0.05) is 11.6 Å². The Balaban J connectivity index is 1.96. The standard InChI is InChI=1S/C16H15NO3S/c1-21(18,19)13-8-6-11(7-9-13)16(17)15-10-12-4-2-3-5-14(12)20-15/h2-10,16H,17H2,1H3. The smallest absolute Gasteiger partial charge is 0.175 e. The van der Waals surface area contributed by atoms with Crippen LogP contribution in [0, 0.1) is 0 Å². The minimum atomic E-state index is -3.19. The highest BCUT2D eigenvalue weighted by Gasteiger charge is 2.15. The fourth-order valence-corrected chi connectivity index (χ4v) is 2.87. The summed E-state index contributed by atoms with van der Waals surface area (Å²) >= 11 is 0. The van der Waals surface area contributed by atoms with E-state index < -0.39 is 15.9 Å². The first-order valence-corrected chi connectivity index (χ1v) is 8.38. The third-order valence-corrected chi connectivity index (χ3v) is 4.55. The highest BCUT2D eigenvalue weighted by atomic mass is 32.2. The van der Waals surface area contributed by atoms with Crippen LogP contribution in [0.4, 0.5) is 0 Å². The van der Waals surface area contributed by atoms with Crippen LogP contribution in [-0.2, 0) is 9.84 Å². The topological polar surface area (TPSA) is 73.3 Å². The first-order valence-electron chi connectivity index (χ1n) is 6.49. The summed E-state index contributed by atoms with van der Waals surface area (Å²) in [4.78, 5) is 0.281. The second-order valence-corrected chi connectivity index (χ2v) is 7.02. The van der Waals surface area contributed by atoms with Crippen molar-refractivity contribution in [3.8, 4) is 0 Å². The molecule has 0 saturated carbocycles. The molecule has 0 bridgehead atoms. The van der Waals surface area contributed by atoms with Crippen molar-refractivity contribution in [2.45, 2.75) is 10.9 Å². The summed E-state index contributed by atoms with van der Waals surface area (Å²) in [7, 11) is -3.19. The molecular weight excluding hydrogens is 286 g/mol. The van der Waals surface area contributed by atoms with Crippen LogP contribution in [0.25, 0.3) is 11.0 Å². The van der Waals surface area contributed by atoms with Crippen LogP contribution in [0.3, 0.4) is 0 Å². The van der Waals surface area contributed by atoms with Crippen molar-refractivity contribution in [2.24, 2.45) is 5.73 Å². The van der Waals surface area contributed by atoms with E-state index in [0.29, 0.717) is 5.76 Å². The van der Waals surface area contributed by atoms with Crippen molar-refractivity contribution in [3.63, 3.8) is 0 Å². The number of hydrogen-bond donors (Lipinski definition) is 1. The summed E-state index contributed by atoms with van der Waals surface area (Å²) in [6, 6.07) is 15.7. The summed E-state index contributed by atoms with van der Waals surface area (Å²) in [5, 5.41) is 0.996. The molecule has 3 rings (SSSR count). The minimum Gasteiger partial charge on any atom is -0.459 e. The largest absolute Gasteiger partial charge is 0.459 e. The molecule has 108 valence electrons. The predicted octanol–water partition coefficient (Wildman–Crippen LogP) is 2.88. The van der Waals surface area contributed by atoms with Gasteiger partial charge in [0.1, 0.15) is 11.3 Å². The van der Waals surface area contributed by atoms with E-state index in [1.165, 1.54) is 6.26 Å². The van der Waals surface area contributed by atoms with Crippen molar-refractivity contribution in [3.05, 3.63) is 65.9 Å². The molecule has 0 saturated heterocycles. The van der Waals surface area contributed by atoms with Gasteiger partial charge in [0.05, 0.1) is 10.9 Å². The van der Waals surface area contributed by atoms with Gasteiger partial charge in [0.2, 0.25) is 0 Å². The van der Waals surface area contributed by atoms with Crippen molar-refractivity contribution >= 4 is 20.8 Å². The van der Waals surface area contributed by atoms with Crippen molar-refractivity contribution < 1.29 is 12.8 Å². The van der Waals surface area contributed by atoms with Gasteiger partial charge < -0.3 is 10.2 Å². The zero-order valence-electron chi connectivity index (χ0n) is 11.5. The summed E-state index contributed by atoms with van der Waals surface area (Å²) in [6.07, 6.45) is 1.18. The second kappa shape index (κ2) is 5.02. The van der Waals surface area contributed by atoms with Crippen LogP contribution in [0.15, 0.2) is 63.9 Å². The molecule has 1 atom stereocenters. The molecule has 0 fully saturated rings. The maximum Gasteiger partial charge on any atom is 0.175 e. The molecule has 0 amide bonds. The number of sulfone groups is 1. The van der Waals surface area contributed by atoms with E-state index in [1.54, 1.807) is 24.3 Å². The molecule has 1 unspecified atom stereocenters. The molecule has 0 aliphatic heterocycles. The lowest BCUT2D eigenvalue weighted by molar-refractivity contribution is 0.525. The first kappa shape index (κ1) is 13.9. The average Bonchev–Trinajstić information content (AvgIpc) is 2.89. The van der Waals surface area contributed by atoms with Gasteiger partial charge in [-0.05, 0) is 29.8 Å². The summed E-state index contributed by atoms with van der Waals surface area (Å²) in [6.45, 7) is 0. The van der Waals surface area contributed by atoms with E-state index in [1.807, 2.05) is 30.3 Å². The van der Waals surface area contributed by atoms with Gasteiger partial charge in [-0.1, -0.05) is 30.3 Å². The van der Waals surface area contributed by atoms with Gasteiger partial charge in [-0.2, -0.15) is 0 Å². The molecule has 4 nitrogen and oxygen atoms in total. The Labute approximate surface area is 123 Å². The van der Waals surface area contributed by atoms with E-state index in [2.05, 4.69) is 0 Å². The van der Waals surface area contributed by atoms with E-state index >= 15 is 0 Å². The first-order chi connectivity index (χ1) is 9.95. The number of fused-ring (bicyclic) bond motifs is 1. The molecule has 0 spiro atoms. The van der Waals surface area contributed by atoms with Gasteiger partial charge >= 0.3 is 0 Å². The zero-order valence-corrected chi connectivity index (χ0v) is 12.3. The Kier molecular flexibility index (Phi) is 3.31. The zero-order chi connectivity index (χ0) is 15.0. The van der Waals surface area contributed by atoms with Crippen LogP contribution in [0.1, 0.15) is 17.4 Å². The second-order valence-electron chi connectivity index (χ2n) is 5.01. The number of furan rings is 1. The molecule has 0 radical (unpaired) electrons. The minimum absolute atomic E-state index is 0.281. The lowest BCUT2D eigenvalue weighted by Gasteiger charge is -2.09. The van der Waals surface area contributed by atoms with E-state index in [4.69, 9.17) is 10.2 Å². The number of hydrogen-bond acceptors (Lipinski definition) is 4. The maximum atomic E-state index is 11.5.